The summed E-state index contributed by atoms with van der Waals surface area (Å²) in [5.74, 6) is -1.22. The van der Waals surface area contributed by atoms with E-state index in [2.05, 4.69) is 20.1 Å². The number of aliphatic hydroxyl groups is 2. The van der Waals surface area contributed by atoms with Crippen LogP contribution >= 0.6 is 0 Å². The zero-order chi connectivity index (χ0) is 30.5. The lowest BCUT2D eigenvalue weighted by molar-refractivity contribution is -0.131. The molecule has 3 rings (SSSR count). The van der Waals surface area contributed by atoms with Crippen molar-refractivity contribution < 1.29 is 38.8 Å². The third-order valence-electron chi connectivity index (χ3n) is 7.54. The highest BCUT2D eigenvalue weighted by Crippen LogP contribution is 2.33. The lowest BCUT2D eigenvalue weighted by atomic mass is 9.84. The van der Waals surface area contributed by atoms with Gasteiger partial charge in [0, 0.05) is 0 Å². The lowest BCUT2D eigenvalue weighted by Gasteiger charge is -2.28. The predicted molar refractivity (Wildman–Crippen MR) is 160 cm³/mol. The summed E-state index contributed by atoms with van der Waals surface area (Å²) >= 11 is 0. The van der Waals surface area contributed by atoms with Gasteiger partial charge >= 0.3 is 17.9 Å². The van der Waals surface area contributed by atoms with E-state index in [-0.39, 0.29) is 34.3 Å². The zero-order valence-corrected chi connectivity index (χ0v) is 24.4. The molecule has 0 heterocycles. The molecule has 1 aliphatic rings. The Morgan fingerprint density at radius 3 is 2.00 bits per heavy atom. The molecule has 1 saturated carbocycles. The standard InChI is InChI=1S/C34H42O8/c1-4-5-6-7-8-9-25-10-15-28(16-11-25)41-34(39)30-20-27(14-19-31(30)42-33(38)24(3)22-36)26-12-17-29(18-13-26)40-32(37)23(2)21-35/h12-14,17-20,25,28,35-36H,2-11,15-16,21-22H2,1H3. The number of carbonyl (C=O) groups is 3. The van der Waals surface area contributed by atoms with E-state index in [9.17, 15) is 19.5 Å². The van der Waals surface area contributed by atoms with Crippen LogP contribution in [0.25, 0.3) is 11.1 Å². The second kappa shape index (κ2) is 16.6. The van der Waals surface area contributed by atoms with E-state index in [1.54, 1.807) is 36.4 Å². The van der Waals surface area contributed by atoms with Gasteiger partial charge in [-0.15, -0.1) is 0 Å². The average Bonchev–Trinajstić information content (AvgIpc) is 3.01. The molecule has 0 amide bonds. The van der Waals surface area contributed by atoms with Crippen LogP contribution in [-0.4, -0.2) is 47.4 Å². The van der Waals surface area contributed by atoms with Crippen LogP contribution in [0.3, 0.4) is 0 Å². The SMILES string of the molecule is C=C(CO)C(=O)Oc1ccc(-c2ccc(OC(=O)C(=C)CO)c(C(=O)OC3CCC(CCCCCCC)CC3)c2)cc1. The van der Waals surface area contributed by atoms with Crippen molar-refractivity contribution in [3.8, 4) is 22.6 Å². The molecule has 2 aromatic carbocycles. The molecule has 2 aromatic rings. The van der Waals surface area contributed by atoms with E-state index in [0.29, 0.717) is 17.0 Å². The van der Waals surface area contributed by atoms with Crippen molar-refractivity contribution in [2.24, 2.45) is 5.92 Å². The molecule has 0 saturated heterocycles. The first-order chi connectivity index (χ1) is 20.2. The number of unbranched alkanes of at least 4 members (excludes halogenated alkanes) is 4. The molecular formula is C34H42O8. The van der Waals surface area contributed by atoms with E-state index in [4.69, 9.17) is 19.3 Å². The van der Waals surface area contributed by atoms with Gasteiger partial charge in [-0.2, -0.15) is 0 Å². The Hall–Kier alpha value is -3.75. The van der Waals surface area contributed by atoms with E-state index in [0.717, 1.165) is 25.7 Å². The van der Waals surface area contributed by atoms with Gasteiger partial charge in [0.15, 0.2) is 0 Å². The van der Waals surface area contributed by atoms with Crippen LogP contribution < -0.4 is 9.47 Å². The Morgan fingerprint density at radius 1 is 0.786 bits per heavy atom. The summed E-state index contributed by atoms with van der Waals surface area (Å²) < 4.78 is 16.5. The quantitative estimate of drug-likeness (QED) is 0.109. The first-order valence-corrected chi connectivity index (χ1v) is 14.7. The van der Waals surface area contributed by atoms with Crippen molar-refractivity contribution in [3.05, 3.63) is 72.3 Å². The van der Waals surface area contributed by atoms with Crippen molar-refractivity contribution in [2.45, 2.75) is 77.2 Å². The summed E-state index contributed by atoms with van der Waals surface area (Å²) in [6, 6.07) is 11.3. The largest absolute Gasteiger partial charge is 0.459 e. The van der Waals surface area contributed by atoms with Crippen molar-refractivity contribution in [3.63, 3.8) is 0 Å². The van der Waals surface area contributed by atoms with Gasteiger partial charge < -0.3 is 24.4 Å². The van der Waals surface area contributed by atoms with Crippen molar-refractivity contribution >= 4 is 17.9 Å². The maximum Gasteiger partial charge on any atom is 0.342 e. The van der Waals surface area contributed by atoms with Gasteiger partial charge in [-0.25, -0.2) is 14.4 Å². The summed E-state index contributed by atoms with van der Waals surface area (Å²) in [6.07, 6.45) is 11.0. The van der Waals surface area contributed by atoms with Crippen molar-refractivity contribution in [1.82, 2.24) is 0 Å². The fraction of sp³-hybridized carbons (Fsp3) is 0.441. The van der Waals surface area contributed by atoms with Gasteiger partial charge in [0.05, 0.1) is 24.4 Å². The molecule has 1 fully saturated rings. The molecule has 0 aliphatic heterocycles. The molecular weight excluding hydrogens is 536 g/mol. The van der Waals surface area contributed by atoms with Crippen LogP contribution in [0.1, 0.15) is 81.5 Å². The molecule has 42 heavy (non-hydrogen) atoms. The molecule has 0 aromatic heterocycles. The molecule has 8 nitrogen and oxygen atoms in total. The van der Waals surface area contributed by atoms with E-state index < -0.39 is 31.1 Å². The molecule has 0 unspecified atom stereocenters. The minimum Gasteiger partial charge on any atom is -0.459 e. The maximum atomic E-state index is 13.4. The van der Waals surface area contributed by atoms with Gasteiger partial charge in [-0.3, -0.25) is 0 Å². The third-order valence-corrected chi connectivity index (χ3v) is 7.54. The van der Waals surface area contributed by atoms with Crippen molar-refractivity contribution in [1.29, 1.82) is 0 Å². The van der Waals surface area contributed by atoms with Crippen molar-refractivity contribution in [2.75, 3.05) is 13.2 Å². The van der Waals surface area contributed by atoms with E-state index in [1.165, 1.54) is 44.6 Å². The Labute approximate surface area is 248 Å². The van der Waals surface area contributed by atoms with Crippen LogP contribution in [0.4, 0.5) is 0 Å². The summed E-state index contributed by atoms with van der Waals surface area (Å²) in [5, 5.41) is 18.3. The number of hydrogen-bond donors (Lipinski definition) is 2. The number of rotatable bonds is 15. The first-order valence-electron chi connectivity index (χ1n) is 14.7. The normalized spacial score (nSPS) is 16.4. The van der Waals surface area contributed by atoms with E-state index >= 15 is 0 Å². The Morgan fingerprint density at radius 2 is 1.38 bits per heavy atom. The third kappa shape index (κ3) is 9.67. The topological polar surface area (TPSA) is 119 Å². The van der Waals surface area contributed by atoms with Gasteiger partial charge in [-0.05, 0) is 67.0 Å². The van der Waals surface area contributed by atoms with Crippen LogP contribution in [-0.2, 0) is 14.3 Å². The fourth-order valence-corrected chi connectivity index (χ4v) is 4.94. The average molecular weight is 579 g/mol. The summed E-state index contributed by atoms with van der Waals surface area (Å²) in [7, 11) is 0. The molecule has 0 atom stereocenters. The highest BCUT2D eigenvalue weighted by Gasteiger charge is 2.26. The van der Waals surface area contributed by atoms with Gasteiger partial charge in [-0.1, -0.05) is 76.8 Å². The minimum absolute atomic E-state index is 0.0113. The molecule has 0 bridgehead atoms. The second-order valence-corrected chi connectivity index (χ2v) is 10.8. The number of ether oxygens (including phenoxy) is 3. The molecule has 2 N–H and O–H groups in total. The number of esters is 3. The number of aliphatic hydroxyl groups excluding tert-OH is 2. The van der Waals surface area contributed by atoms with Gasteiger partial charge in [0.2, 0.25) is 0 Å². The van der Waals surface area contributed by atoms with Gasteiger partial charge in [0.1, 0.15) is 23.2 Å². The Bertz CT molecular complexity index is 1240. The number of benzene rings is 2. The smallest absolute Gasteiger partial charge is 0.342 e. The molecule has 0 spiro atoms. The van der Waals surface area contributed by atoms with Crippen LogP contribution in [0, 0.1) is 5.92 Å². The Balaban J connectivity index is 1.72. The second-order valence-electron chi connectivity index (χ2n) is 10.8. The van der Waals surface area contributed by atoms with Crippen LogP contribution in [0.5, 0.6) is 11.5 Å². The lowest BCUT2D eigenvalue weighted by Crippen LogP contribution is -2.25. The summed E-state index contributed by atoms with van der Waals surface area (Å²) in [5.41, 5.74) is 1.24. The monoisotopic (exact) mass is 578 g/mol. The first kappa shape index (κ1) is 32.8. The fourth-order valence-electron chi connectivity index (χ4n) is 4.94. The Kier molecular flexibility index (Phi) is 13.0. The molecule has 1 aliphatic carbocycles. The molecule has 226 valence electrons. The van der Waals surface area contributed by atoms with Crippen LogP contribution in [0.2, 0.25) is 0 Å². The highest BCUT2D eigenvalue weighted by molar-refractivity contribution is 5.97. The molecule has 0 radical (unpaired) electrons. The maximum absolute atomic E-state index is 13.4. The van der Waals surface area contributed by atoms with E-state index in [1.807, 2.05) is 0 Å². The zero-order valence-electron chi connectivity index (χ0n) is 24.4. The minimum atomic E-state index is -0.839. The predicted octanol–water partition coefficient (Wildman–Crippen LogP) is 6.34. The van der Waals surface area contributed by atoms with Crippen LogP contribution in [0.15, 0.2) is 66.8 Å². The number of carbonyl (C=O) groups excluding carboxylic acids is 3. The summed E-state index contributed by atoms with van der Waals surface area (Å²) in [6.45, 7) is 8.09. The number of hydrogen-bond acceptors (Lipinski definition) is 8. The molecule has 8 heteroatoms. The summed E-state index contributed by atoms with van der Waals surface area (Å²) in [4.78, 5) is 37.6. The highest BCUT2D eigenvalue weighted by atomic mass is 16.6. The van der Waals surface area contributed by atoms with Gasteiger partial charge in [0.25, 0.3) is 0 Å².